The monoisotopic (exact) mass is 284 g/mol. The highest BCUT2D eigenvalue weighted by atomic mass is 16.5. The van der Waals surface area contributed by atoms with Crippen LogP contribution in [-0.2, 0) is 6.42 Å². The van der Waals surface area contributed by atoms with E-state index in [1.165, 1.54) is 7.11 Å². The van der Waals surface area contributed by atoms with Gasteiger partial charge in [0.2, 0.25) is 0 Å². The summed E-state index contributed by atoms with van der Waals surface area (Å²) in [6, 6.07) is 11.6. The summed E-state index contributed by atoms with van der Waals surface area (Å²) in [5.74, 6) is 0.685. The number of hydrogen-bond acceptors (Lipinski definition) is 3. The highest BCUT2D eigenvalue weighted by Crippen LogP contribution is 2.34. The Kier molecular flexibility index (Phi) is 4.63. The molecule has 0 spiro atoms. The number of rotatable bonds is 5. The van der Waals surface area contributed by atoms with Gasteiger partial charge in [-0.3, -0.25) is 4.79 Å². The van der Waals surface area contributed by atoms with Crippen molar-refractivity contribution >= 4 is 5.78 Å². The molecule has 3 nitrogen and oxygen atoms in total. The molecule has 2 aromatic rings. The predicted octanol–water partition coefficient (Wildman–Crippen LogP) is 3.83. The average Bonchev–Trinajstić information content (AvgIpc) is 2.51. The number of ether oxygens (including phenoxy) is 1. The number of methoxy groups -OCH3 is 1. The minimum Gasteiger partial charge on any atom is -0.507 e. The summed E-state index contributed by atoms with van der Waals surface area (Å²) in [7, 11) is 1.52. The highest BCUT2D eigenvalue weighted by molar-refractivity contribution is 5.99. The topological polar surface area (TPSA) is 46.5 Å². The number of benzene rings is 2. The normalized spacial score (nSPS) is 10.4. The molecule has 2 rings (SSSR count). The molecule has 0 fully saturated rings. The number of carbonyl (C=O) groups is 1. The molecule has 0 atom stereocenters. The fourth-order valence-corrected chi connectivity index (χ4v) is 2.46. The van der Waals surface area contributed by atoms with E-state index in [4.69, 9.17) is 4.74 Å². The fourth-order valence-electron chi connectivity index (χ4n) is 2.46. The summed E-state index contributed by atoms with van der Waals surface area (Å²) in [5.41, 5.74) is 2.98. The minimum absolute atomic E-state index is 0.0295. The van der Waals surface area contributed by atoms with Crippen LogP contribution in [0.5, 0.6) is 11.5 Å². The number of ketones is 1. The van der Waals surface area contributed by atoms with Crippen LogP contribution < -0.4 is 4.74 Å². The Bertz CT molecular complexity index is 645. The number of carbonyl (C=O) groups excluding carboxylic acids is 1. The van der Waals surface area contributed by atoms with Crippen molar-refractivity contribution in [2.45, 2.75) is 26.7 Å². The van der Waals surface area contributed by atoms with Crippen molar-refractivity contribution in [1.29, 1.82) is 0 Å². The third-order valence-electron chi connectivity index (χ3n) is 3.66. The third-order valence-corrected chi connectivity index (χ3v) is 3.66. The van der Waals surface area contributed by atoms with Crippen molar-refractivity contribution in [1.82, 2.24) is 0 Å². The van der Waals surface area contributed by atoms with Gasteiger partial charge < -0.3 is 9.84 Å². The molecule has 0 aromatic heterocycles. The van der Waals surface area contributed by atoms with Gasteiger partial charge in [0.15, 0.2) is 5.78 Å². The molecular weight excluding hydrogens is 264 g/mol. The standard InChI is InChI=1S/C18H20O3/c1-12-11-15(18(21-3)13(2)17(12)20)16(19)10-9-14-7-5-4-6-8-14/h4-8,11,20H,9-10H2,1-3H3. The van der Waals surface area contributed by atoms with Crippen molar-refractivity contribution in [3.05, 3.63) is 58.7 Å². The van der Waals surface area contributed by atoms with E-state index >= 15 is 0 Å². The van der Waals surface area contributed by atoms with Gasteiger partial charge in [0.05, 0.1) is 12.7 Å². The number of hydrogen-bond donors (Lipinski definition) is 1. The van der Waals surface area contributed by atoms with Crippen LogP contribution in [-0.4, -0.2) is 18.0 Å². The molecule has 0 aliphatic heterocycles. The van der Waals surface area contributed by atoms with Gasteiger partial charge in [-0.05, 0) is 37.5 Å². The van der Waals surface area contributed by atoms with E-state index in [2.05, 4.69) is 0 Å². The Morgan fingerprint density at radius 1 is 1.19 bits per heavy atom. The van der Waals surface area contributed by atoms with Crippen LogP contribution in [0.25, 0.3) is 0 Å². The number of aryl methyl sites for hydroxylation is 2. The molecule has 2 aromatic carbocycles. The predicted molar refractivity (Wildman–Crippen MR) is 83.2 cm³/mol. The summed E-state index contributed by atoms with van der Waals surface area (Å²) in [4.78, 5) is 12.5. The van der Waals surface area contributed by atoms with Gasteiger partial charge in [0, 0.05) is 12.0 Å². The lowest BCUT2D eigenvalue weighted by Gasteiger charge is -2.14. The lowest BCUT2D eigenvalue weighted by molar-refractivity contribution is 0.0979. The number of phenolic OH excluding ortho intramolecular Hbond substituents is 1. The Balaban J connectivity index is 2.23. The van der Waals surface area contributed by atoms with E-state index in [0.717, 1.165) is 5.56 Å². The summed E-state index contributed by atoms with van der Waals surface area (Å²) >= 11 is 0. The van der Waals surface area contributed by atoms with Crippen LogP contribution in [0.1, 0.15) is 33.5 Å². The quantitative estimate of drug-likeness (QED) is 0.849. The van der Waals surface area contributed by atoms with Gasteiger partial charge in [0.1, 0.15) is 11.5 Å². The molecule has 0 heterocycles. The zero-order valence-electron chi connectivity index (χ0n) is 12.6. The molecule has 3 heteroatoms. The first-order chi connectivity index (χ1) is 10.0. The molecule has 0 radical (unpaired) electrons. The molecule has 0 bridgehead atoms. The van der Waals surface area contributed by atoms with Gasteiger partial charge in [-0.1, -0.05) is 30.3 Å². The Hall–Kier alpha value is -2.29. The van der Waals surface area contributed by atoms with E-state index in [9.17, 15) is 9.90 Å². The average molecular weight is 284 g/mol. The summed E-state index contributed by atoms with van der Waals surface area (Å²) in [5, 5.41) is 9.94. The molecule has 110 valence electrons. The molecular formula is C18H20O3. The SMILES string of the molecule is COc1c(C(=O)CCc2ccccc2)cc(C)c(O)c1C. The van der Waals surface area contributed by atoms with Crippen LogP contribution in [0.4, 0.5) is 0 Å². The number of aromatic hydroxyl groups is 1. The van der Waals surface area contributed by atoms with Gasteiger partial charge >= 0.3 is 0 Å². The van der Waals surface area contributed by atoms with Gasteiger partial charge in [-0.25, -0.2) is 0 Å². The van der Waals surface area contributed by atoms with Crippen molar-refractivity contribution in [2.24, 2.45) is 0 Å². The maximum Gasteiger partial charge on any atom is 0.166 e. The molecule has 0 aliphatic rings. The Labute approximate surface area is 125 Å². The zero-order valence-corrected chi connectivity index (χ0v) is 12.6. The van der Waals surface area contributed by atoms with Crippen molar-refractivity contribution in [2.75, 3.05) is 7.11 Å². The summed E-state index contributed by atoms with van der Waals surface area (Å²) < 4.78 is 5.30. The number of Topliss-reactive ketones (excluding diaryl/α,β-unsaturated/α-hetero) is 1. The first kappa shape index (κ1) is 15.1. The second kappa shape index (κ2) is 6.44. The lowest BCUT2D eigenvalue weighted by Crippen LogP contribution is -2.06. The van der Waals surface area contributed by atoms with Crippen molar-refractivity contribution < 1.29 is 14.6 Å². The smallest absolute Gasteiger partial charge is 0.166 e. The minimum atomic E-state index is 0.0295. The molecule has 21 heavy (non-hydrogen) atoms. The molecule has 0 aliphatic carbocycles. The van der Waals surface area contributed by atoms with Crippen LogP contribution >= 0.6 is 0 Å². The van der Waals surface area contributed by atoms with E-state index < -0.39 is 0 Å². The fraction of sp³-hybridized carbons (Fsp3) is 0.278. The Morgan fingerprint density at radius 3 is 2.48 bits per heavy atom. The molecule has 0 unspecified atom stereocenters. The van der Waals surface area contributed by atoms with Crippen LogP contribution in [0.3, 0.4) is 0 Å². The zero-order chi connectivity index (χ0) is 15.4. The highest BCUT2D eigenvalue weighted by Gasteiger charge is 2.18. The lowest BCUT2D eigenvalue weighted by atomic mass is 9.97. The van der Waals surface area contributed by atoms with E-state index in [1.54, 1.807) is 19.9 Å². The molecule has 0 saturated heterocycles. The molecule has 0 amide bonds. The Morgan fingerprint density at radius 2 is 1.86 bits per heavy atom. The molecule has 1 N–H and O–H groups in total. The summed E-state index contributed by atoms with van der Waals surface area (Å²) in [6.45, 7) is 3.55. The first-order valence-electron chi connectivity index (χ1n) is 6.99. The van der Waals surface area contributed by atoms with Gasteiger partial charge in [-0.2, -0.15) is 0 Å². The van der Waals surface area contributed by atoms with Gasteiger partial charge in [0.25, 0.3) is 0 Å². The summed E-state index contributed by atoms with van der Waals surface area (Å²) in [6.07, 6.45) is 1.12. The van der Waals surface area contributed by atoms with E-state index in [0.29, 0.717) is 35.3 Å². The first-order valence-corrected chi connectivity index (χ1v) is 6.99. The second-order valence-electron chi connectivity index (χ2n) is 5.16. The number of phenols is 1. The maximum absolute atomic E-state index is 12.5. The van der Waals surface area contributed by atoms with Crippen molar-refractivity contribution in [3.8, 4) is 11.5 Å². The molecule has 0 saturated carbocycles. The third kappa shape index (κ3) is 3.24. The van der Waals surface area contributed by atoms with Gasteiger partial charge in [-0.15, -0.1) is 0 Å². The second-order valence-corrected chi connectivity index (χ2v) is 5.16. The largest absolute Gasteiger partial charge is 0.507 e. The van der Waals surface area contributed by atoms with Crippen LogP contribution in [0.2, 0.25) is 0 Å². The van der Waals surface area contributed by atoms with Crippen LogP contribution in [0, 0.1) is 13.8 Å². The maximum atomic E-state index is 12.5. The van der Waals surface area contributed by atoms with E-state index in [-0.39, 0.29) is 11.5 Å². The van der Waals surface area contributed by atoms with Crippen LogP contribution in [0.15, 0.2) is 36.4 Å². The van der Waals surface area contributed by atoms with E-state index in [1.807, 2.05) is 30.3 Å². The van der Waals surface area contributed by atoms with Crippen molar-refractivity contribution in [3.63, 3.8) is 0 Å².